The van der Waals surface area contributed by atoms with Crippen molar-refractivity contribution in [2.24, 2.45) is 0 Å². The molecule has 1 aliphatic rings. The Labute approximate surface area is 156 Å². The van der Waals surface area contributed by atoms with Crippen molar-refractivity contribution in [2.75, 3.05) is 25.4 Å². The molecule has 1 aromatic heterocycles. The van der Waals surface area contributed by atoms with Gasteiger partial charge in [-0.15, -0.1) is 10.2 Å². The molecule has 0 atom stereocenters. The number of hydrogen-bond acceptors (Lipinski definition) is 8. The maximum Gasteiger partial charge on any atom is 0.316 e. The molecule has 26 heavy (non-hydrogen) atoms. The molecule has 140 valence electrons. The van der Waals surface area contributed by atoms with Gasteiger partial charge in [-0.3, -0.25) is 4.79 Å². The average Bonchev–Trinajstić information content (AvgIpc) is 3.32. The van der Waals surface area contributed by atoms with Gasteiger partial charge in [0.15, 0.2) is 0 Å². The lowest BCUT2D eigenvalue weighted by molar-refractivity contribution is -0.139. The van der Waals surface area contributed by atoms with E-state index in [0.717, 1.165) is 24.6 Å². The van der Waals surface area contributed by atoms with E-state index in [1.807, 2.05) is 0 Å². The molecule has 2 aromatic rings. The minimum absolute atomic E-state index is 0.0858. The summed E-state index contributed by atoms with van der Waals surface area (Å²) in [6.45, 7) is 3.19. The Hall–Kier alpha value is -1.91. The molecule has 10 heteroatoms. The van der Waals surface area contributed by atoms with Crippen LogP contribution in [0.25, 0.3) is 11.5 Å². The standard InChI is InChI=1S/C16H19N3O5S2/c1-2-23-14(20)11-25-16-18-17-15(24-16)12-5-7-13(8-6-12)26(21,22)19-9-3-4-10-19/h5-8H,2-4,9-11H2,1H3. The van der Waals surface area contributed by atoms with Crippen LogP contribution in [0.3, 0.4) is 0 Å². The Morgan fingerprint density at radius 3 is 2.58 bits per heavy atom. The molecule has 2 heterocycles. The smallest absolute Gasteiger partial charge is 0.316 e. The van der Waals surface area contributed by atoms with Gasteiger partial charge >= 0.3 is 5.97 Å². The summed E-state index contributed by atoms with van der Waals surface area (Å²) >= 11 is 1.09. The highest BCUT2D eigenvalue weighted by atomic mass is 32.2. The van der Waals surface area contributed by atoms with Crippen molar-refractivity contribution in [1.82, 2.24) is 14.5 Å². The van der Waals surface area contributed by atoms with Gasteiger partial charge in [0, 0.05) is 18.7 Å². The second-order valence-electron chi connectivity index (χ2n) is 5.60. The van der Waals surface area contributed by atoms with Crippen LogP contribution in [0.2, 0.25) is 0 Å². The van der Waals surface area contributed by atoms with Gasteiger partial charge in [-0.05, 0) is 44.0 Å². The van der Waals surface area contributed by atoms with E-state index in [2.05, 4.69) is 10.2 Å². The summed E-state index contributed by atoms with van der Waals surface area (Å²) in [6, 6.07) is 6.35. The van der Waals surface area contributed by atoms with Crippen molar-refractivity contribution in [2.45, 2.75) is 29.9 Å². The van der Waals surface area contributed by atoms with Gasteiger partial charge < -0.3 is 9.15 Å². The van der Waals surface area contributed by atoms with Gasteiger partial charge in [-0.25, -0.2) is 8.42 Å². The summed E-state index contributed by atoms with van der Waals surface area (Å²) in [7, 11) is -3.44. The van der Waals surface area contributed by atoms with E-state index in [4.69, 9.17) is 9.15 Å². The highest BCUT2D eigenvalue weighted by Crippen LogP contribution is 2.26. The van der Waals surface area contributed by atoms with Crippen LogP contribution in [0.5, 0.6) is 0 Å². The monoisotopic (exact) mass is 397 g/mol. The number of ether oxygens (including phenoxy) is 1. The van der Waals surface area contributed by atoms with E-state index in [0.29, 0.717) is 25.3 Å². The summed E-state index contributed by atoms with van der Waals surface area (Å²) < 4.78 is 36.9. The second kappa shape index (κ2) is 8.19. The molecule has 0 amide bonds. The molecule has 1 aromatic carbocycles. The maximum absolute atomic E-state index is 12.5. The largest absolute Gasteiger partial charge is 0.465 e. The lowest BCUT2D eigenvalue weighted by Gasteiger charge is -2.15. The number of hydrogen-bond donors (Lipinski definition) is 0. The van der Waals surface area contributed by atoms with Crippen molar-refractivity contribution in [3.63, 3.8) is 0 Å². The van der Waals surface area contributed by atoms with Crippen LogP contribution < -0.4 is 0 Å². The molecule has 0 spiro atoms. The summed E-state index contributed by atoms with van der Waals surface area (Å²) in [4.78, 5) is 11.6. The number of sulfonamides is 1. The molecule has 1 aliphatic heterocycles. The first-order valence-corrected chi connectivity index (χ1v) is 10.7. The van der Waals surface area contributed by atoms with Crippen LogP contribution in [0, 0.1) is 0 Å². The molecule has 0 bridgehead atoms. The third kappa shape index (κ3) is 4.25. The van der Waals surface area contributed by atoms with E-state index in [-0.39, 0.29) is 27.7 Å². The Morgan fingerprint density at radius 2 is 1.92 bits per heavy atom. The fourth-order valence-corrected chi connectivity index (χ4v) is 4.63. The van der Waals surface area contributed by atoms with Gasteiger partial charge in [0.1, 0.15) is 5.75 Å². The molecule has 1 saturated heterocycles. The molecule has 0 N–H and O–H groups in total. The second-order valence-corrected chi connectivity index (χ2v) is 8.47. The molecule has 8 nitrogen and oxygen atoms in total. The van der Waals surface area contributed by atoms with Gasteiger partial charge in [0.05, 0.1) is 11.5 Å². The highest BCUT2D eigenvalue weighted by molar-refractivity contribution is 7.99. The highest BCUT2D eigenvalue weighted by Gasteiger charge is 2.27. The van der Waals surface area contributed by atoms with E-state index >= 15 is 0 Å². The predicted octanol–water partition coefficient (Wildman–Crippen LogP) is 2.18. The normalized spacial score (nSPS) is 15.3. The van der Waals surface area contributed by atoms with Gasteiger partial charge in [-0.2, -0.15) is 4.31 Å². The lowest BCUT2D eigenvalue weighted by Crippen LogP contribution is -2.27. The number of carbonyl (C=O) groups is 1. The molecule has 0 saturated carbocycles. The number of carbonyl (C=O) groups excluding carboxylic acids is 1. The Morgan fingerprint density at radius 1 is 1.23 bits per heavy atom. The quantitative estimate of drug-likeness (QED) is 0.517. The zero-order chi connectivity index (χ0) is 18.6. The fourth-order valence-electron chi connectivity index (χ4n) is 2.56. The third-order valence-electron chi connectivity index (χ3n) is 3.83. The molecular formula is C16H19N3O5S2. The molecule has 0 radical (unpaired) electrons. The number of thioether (sulfide) groups is 1. The summed E-state index contributed by atoms with van der Waals surface area (Å²) in [5.41, 5.74) is 0.612. The molecular weight excluding hydrogens is 378 g/mol. The Kier molecular flexibility index (Phi) is 5.94. The van der Waals surface area contributed by atoms with Crippen LogP contribution in [-0.4, -0.2) is 54.3 Å². The first-order valence-electron chi connectivity index (χ1n) is 8.23. The maximum atomic E-state index is 12.5. The lowest BCUT2D eigenvalue weighted by atomic mass is 10.2. The van der Waals surface area contributed by atoms with E-state index in [1.165, 1.54) is 4.31 Å². The van der Waals surface area contributed by atoms with E-state index in [1.54, 1.807) is 31.2 Å². The van der Waals surface area contributed by atoms with Gasteiger partial charge in [0.25, 0.3) is 5.22 Å². The Balaban J connectivity index is 1.68. The Bertz CT molecular complexity index is 858. The van der Waals surface area contributed by atoms with Gasteiger partial charge in [-0.1, -0.05) is 11.8 Å². The minimum Gasteiger partial charge on any atom is -0.465 e. The van der Waals surface area contributed by atoms with E-state index in [9.17, 15) is 13.2 Å². The fraction of sp³-hybridized carbons (Fsp3) is 0.438. The zero-order valence-corrected chi connectivity index (χ0v) is 15.9. The third-order valence-corrected chi connectivity index (χ3v) is 6.53. The van der Waals surface area contributed by atoms with Crippen molar-refractivity contribution >= 4 is 27.8 Å². The summed E-state index contributed by atoms with van der Waals surface area (Å²) in [5.74, 6) is -0.00197. The number of aromatic nitrogens is 2. The molecule has 0 aliphatic carbocycles. The van der Waals surface area contributed by atoms with Gasteiger partial charge in [0.2, 0.25) is 15.9 Å². The van der Waals surface area contributed by atoms with Crippen LogP contribution in [0.4, 0.5) is 0 Å². The van der Waals surface area contributed by atoms with Crippen LogP contribution in [0.1, 0.15) is 19.8 Å². The van der Waals surface area contributed by atoms with Crippen molar-refractivity contribution < 1.29 is 22.4 Å². The zero-order valence-electron chi connectivity index (χ0n) is 14.3. The average molecular weight is 397 g/mol. The number of benzene rings is 1. The number of rotatable bonds is 7. The summed E-state index contributed by atoms with van der Waals surface area (Å²) in [6.07, 6.45) is 1.79. The first kappa shape index (κ1) is 18.9. The van der Waals surface area contributed by atoms with Crippen molar-refractivity contribution in [3.8, 4) is 11.5 Å². The summed E-state index contributed by atoms with van der Waals surface area (Å²) in [5, 5.41) is 8.05. The predicted molar refractivity (Wildman–Crippen MR) is 95.1 cm³/mol. The molecule has 3 rings (SSSR count). The van der Waals surface area contributed by atoms with Crippen LogP contribution >= 0.6 is 11.8 Å². The minimum atomic E-state index is -3.44. The topological polar surface area (TPSA) is 103 Å². The van der Waals surface area contributed by atoms with Crippen LogP contribution in [0.15, 0.2) is 38.8 Å². The number of esters is 1. The van der Waals surface area contributed by atoms with Crippen molar-refractivity contribution in [3.05, 3.63) is 24.3 Å². The SMILES string of the molecule is CCOC(=O)CSc1nnc(-c2ccc(S(=O)(=O)N3CCCC3)cc2)o1. The molecule has 0 unspecified atom stereocenters. The first-order chi connectivity index (χ1) is 12.5. The van der Waals surface area contributed by atoms with Crippen molar-refractivity contribution in [1.29, 1.82) is 0 Å². The van der Waals surface area contributed by atoms with E-state index < -0.39 is 10.0 Å². The number of nitrogens with zero attached hydrogens (tertiary/aromatic N) is 3. The molecule has 1 fully saturated rings. The van der Waals surface area contributed by atoms with Crippen LogP contribution in [-0.2, 0) is 19.6 Å².